The molecular formula is C17H18N4O2S2. The summed E-state index contributed by atoms with van der Waals surface area (Å²) in [5.41, 5.74) is 1.91. The van der Waals surface area contributed by atoms with Crippen LogP contribution in [0.15, 0.2) is 41.1 Å². The van der Waals surface area contributed by atoms with Crippen molar-refractivity contribution in [3.8, 4) is 11.4 Å². The number of anilines is 1. The zero-order valence-corrected chi connectivity index (χ0v) is 15.4. The average Bonchev–Trinajstić information content (AvgIpc) is 3.15. The highest BCUT2D eigenvalue weighted by molar-refractivity contribution is 7.88. The van der Waals surface area contributed by atoms with Gasteiger partial charge in [-0.3, -0.25) is 0 Å². The molecule has 0 aliphatic carbocycles. The second-order valence-electron chi connectivity index (χ2n) is 6.05. The van der Waals surface area contributed by atoms with Gasteiger partial charge >= 0.3 is 0 Å². The molecule has 1 saturated heterocycles. The van der Waals surface area contributed by atoms with Crippen LogP contribution in [0.25, 0.3) is 22.3 Å². The first kappa shape index (κ1) is 16.4. The first-order chi connectivity index (χ1) is 12.0. The predicted octanol–water partition coefficient (Wildman–Crippen LogP) is 2.44. The predicted molar refractivity (Wildman–Crippen MR) is 101 cm³/mol. The van der Waals surface area contributed by atoms with E-state index in [4.69, 9.17) is 4.98 Å². The van der Waals surface area contributed by atoms with E-state index >= 15 is 0 Å². The average molecular weight is 374 g/mol. The van der Waals surface area contributed by atoms with Crippen LogP contribution >= 0.6 is 11.3 Å². The number of hydrogen-bond donors (Lipinski definition) is 0. The molecule has 1 aliphatic heterocycles. The van der Waals surface area contributed by atoms with E-state index in [1.807, 2.05) is 41.1 Å². The van der Waals surface area contributed by atoms with Crippen LogP contribution in [0, 0.1) is 0 Å². The van der Waals surface area contributed by atoms with Gasteiger partial charge in [-0.1, -0.05) is 12.1 Å². The highest BCUT2D eigenvalue weighted by Gasteiger charge is 2.25. The molecule has 6 nitrogen and oxygen atoms in total. The lowest BCUT2D eigenvalue weighted by molar-refractivity contribution is 0.387. The number of piperazine rings is 1. The molecule has 130 valence electrons. The molecule has 1 fully saturated rings. The summed E-state index contributed by atoms with van der Waals surface area (Å²) in [7, 11) is -3.14. The van der Waals surface area contributed by atoms with E-state index in [2.05, 4.69) is 9.88 Å². The lowest BCUT2D eigenvalue weighted by Crippen LogP contribution is -2.48. The monoisotopic (exact) mass is 374 g/mol. The molecule has 0 bridgehead atoms. The molecule has 8 heteroatoms. The standard InChI is InChI=1S/C17H18N4O2S2/c1-25(22,23)21-9-7-20(8-10-21)17-14-4-2-3-5-15(14)18-16(19-17)13-6-11-24-12-13/h2-6,11-12H,7-10H2,1H3. The van der Waals surface area contributed by atoms with Gasteiger partial charge < -0.3 is 4.90 Å². The molecule has 3 heterocycles. The minimum Gasteiger partial charge on any atom is -0.353 e. The molecule has 3 aromatic rings. The number of fused-ring (bicyclic) bond motifs is 1. The second-order valence-corrected chi connectivity index (χ2v) is 8.81. The molecule has 0 N–H and O–H groups in total. The maximum absolute atomic E-state index is 11.7. The molecule has 1 aliphatic rings. The number of aromatic nitrogens is 2. The third-order valence-corrected chi connectivity index (χ3v) is 6.36. The van der Waals surface area contributed by atoms with Crippen LogP contribution in [0.2, 0.25) is 0 Å². The van der Waals surface area contributed by atoms with Gasteiger partial charge in [0.05, 0.1) is 11.8 Å². The van der Waals surface area contributed by atoms with Crippen LogP contribution in [0.1, 0.15) is 0 Å². The molecule has 2 aromatic heterocycles. The molecule has 0 atom stereocenters. The maximum atomic E-state index is 11.7. The van der Waals surface area contributed by atoms with E-state index in [0.717, 1.165) is 22.3 Å². The van der Waals surface area contributed by atoms with E-state index in [9.17, 15) is 8.42 Å². The normalized spacial score (nSPS) is 16.4. The van der Waals surface area contributed by atoms with Gasteiger partial charge in [0.15, 0.2) is 5.82 Å². The molecule has 0 amide bonds. The Labute approximate surface area is 150 Å². The van der Waals surface area contributed by atoms with E-state index in [0.29, 0.717) is 32.0 Å². The molecule has 4 rings (SSSR count). The zero-order chi connectivity index (χ0) is 17.4. The fourth-order valence-electron chi connectivity index (χ4n) is 3.05. The Kier molecular flexibility index (Phi) is 4.18. The van der Waals surface area contributed by atoms with Gasteiger partial charge in [0, 0.05) is 42.5 Å². The van der Waals surface area contributed by atoms with Crippen molar-refractivity contribution in [1.82, 2.24) is 14.3 Å². The zero-order valence-electron chi connectivity index (χ0n) is 13.8. The summed E-state index contributed by atoms with van der Waals surface area (Å²) >= 11 is 1.62. The van der Waals surface area contributed by atoms with E-state index in [1.54, 1.807) is 11.3 Å². The van der Waals surface area contributed by atoms with Crippen LogP contribution < -0.4 is 4.90 Å². The van der Waals surface area contributed by atoms with Crippen molar-refractivity contribution in [3.05, 3.63) is 41.1 Å². The summed E-state index contributed by atoms with van der Waals surface area (Å²) < 4.78 is 25.0. The molecule has 0 spiro atoms. The van der Waals surface area contributed by atoms with Crippen molar-refractivity contribution >= 4 is 38.1 Å². The molecule has 25 heavy (non-hydrogen) atoms. The fraction of sp³-hybridized carbons (Fsp3) is 0.294. The number of para-hydroxylation sites is 1. The number of thiophene rings is 1. The smallest absolute Gasteiger partial charge is 0.211 e. The van der Waals surface area contributed by atoms with Crippen LogP contribution in [0.5, 0.6) is 0 Å². The third-order valence-electron chi connectivity index (χ3n) is 4.37. The van der Waals surface area contributed by atoms with Crippen molar-refractivity contribution in [2.45, 2.75) is 0 Å². The summed E-state index contributed by atoms with van der Waals surface area (Å²) in [4.78, 5) is 11.7. The van der Waals surface area contributed by atoms with Crippen molar-refractivity contribution in [3.63, 3.8) is 0 Å². The van der Waals surface area contributed by atoms with Gasteiger partial charge in [-0.05, 0) is 23.6 Å². The van der Waals surface area contributed by atoms with Crippen molar-refractivity contribution in [2.75, 3.05) is 37.3 Å². The highest BCUT2D eigenvalue weighted by atomic mass is 32.2. The number of rotatable bonds is 3. The van der Waals surface area contributed by atoms with Gasteiger partial charge in [0.1, 0.15) is 5.82 Å². The molecular weight excluding hydrogens is 356 g/mol. The Hall–Kier alpha value is -2.03. The molecule has 1 aromatic carbocycles. The molecule has 0 radical (unpaired) electrons. The lowest BCUT2D eigenvalue weighted by Gasteiger charge is -2.34. The summed E-state index contributed by atoms with van der Waals surface area (Å²) in [5.74, 6) is 1.58. The van der Waals surface area contributed by atoms with Crippen molar-refractivity contribution in [1.29, 1.82) is 0 Å². The van der Waals surface area contributed by atoms with Crippen LogP contribution in [-0.2, 0) is 10.0 Å². The third kappa shape index (κ3) is 3.24. The summed E-state index contributed by atoms with van der Waals surface area (Å²) in [6.45, 7) is 2.20. The Morgan fingerprint density at radius 1 is 1.04 bits per heavy atom. The van der Waals surface area contributed by atoms with Gasteiger partial charge in [-0.25, -0.2) is 18.4 Å². The summed E-state index contributed by atoms with van der Waals surface area (Å²) in [6.07, 6.45) is 1.26. The van der Waals surface area contributed by atoms with Crippen LogP contribution in [0.4, 0.5) is 5.82 Å². The van der Waals surface area contributed by atoms with Crippen molar-refractivity contribution < 1.29 is 8.42 Å². The Bertz CT molecular complexity index is 995. The number of sulfonamides is 1. The molecule has 0 saturated carbocycles. The Morgan fingerprint density at radius 3 is 2.48 bits per heavy atom. The Morgan fingerprint density at radius 2 is 1.80 bits per heavy atom. The van der Waals surface area contributed by atoms with Gasteiger partial charge in [0.2, 0.25) is 10.0 Å². The maximum Gasteiger partial charge on any atom is 0.211 e. The van der Waals surface area contributed by atoms with Gasteiger partial charge in [-0.15, -0.1) is 0 Å². The van der Waals surface area contributed by atoms with Gasteiger partial charge in [0.25, 0.3) is 0 Å². The van der Waals surface area contributed by atoms with Crippen LogP contribution in [0.3, 0.4) is 0 Å². The highest BCUT2D eigenvalue weighted by Crippen LogP contribution is 2.29. The lowest BCUT2D eigenvalue weighted by atomic mass is 10.2. The van der Waals surface area contributed by atoms with E-state index in [1.165, 1.54) is 10.6 Å². The second kappa shape index (κ2) is 6.36. The minimum absolute atomic E-state index is 0.477. The first-order valence-corrected chi connectivity index (χ1v) is 10.8. The number of benzene rings is 1. The Balaban J connectivity index is 1.74. The summed E-state index contributed by atoms with van der Waals surface area (Å²) in [6, 6.07) is 9.97. The topological polar surface area (TPSA) is 66.4 Å². The molecule has 0 unspecified atom stereocenters. The number of nitrogens with zero attached hydrogens (tertiary/aromatic N) is 4. The summed E-state index contributed by atoms with van der Waals surface area (Å²) in [5, 5.41) is 5.04. The fourth-order valence-corrected chi connectivity index (χ4v) is 4.51. The number of hydrogen-bond acceptors (Lipinski definition) is 6. The van der Waals surface area contributed by atoms with Crippen LogP contribution in [-0.4, -0.2) is 55.1 Å². The first-order valence-electron chi connectivity index (χ1n) is 8.02. The van der Waals surface area contributed by atoms with Gasteiger partial charge in [-0.2, -0.15) is 15.6 Å². The quantitative estimate of drug-likeness (QED) is 0.704. The SMILES string of the molecule is CS(=O)(=O)N1CCN(c2nc(-c3ccsc3)nc3ccccc23)CC1. The van der Waals surface area contributed by atoms with Crippen molar-refractivity contribution in [2.24, 2.45) is 0 Å². The minimum atomic E-state index is -3.14. The van der Waals surface area contributed by atoms with E-state index < -0.39 is 10.0 Å². The van der Waals surface area contributed by atoms with E-state index in [-0.39, 0.29) is 0 Å². The largest absolute Gasteiger partial charge is 0.353 e.